The number of H-pyrrole nitrogens is 2. The van der Waals surface area contributed by atoms with Gasteiger partial charge in [0.25, 0.3) is 5.69 Å². The van der Waals surface area contributed by atoms with Gasteiger partial charge in [0.15, 0.2) is 0 Å². The summed E-state index contributed by atoms with van der Waals surface area (Å²) in [6.07, 6.45) is 0.866. The van der Waals surface area contributed by atoms with E-state index in [9.17, 15) is 10.1 Å². The van der Waals surface area contributed by atoms with Gasteiger partial charge in [0.05, 0.1) is 66.5 Å². The molecule has 4 aromatic rings. The smallest absolute Gasteiger partial charge is 0.271 e. The topological polar surface area (TPSA) is 151 Å². The lowest BCUT2D eigenvalue weighted by atomic mass is 8.41. The van der Waals surface area contributed by atoms with Gasteiger partial charge in [-0.2, -0.15) is 0 Å². The standard InChI is InChI=1S/C18H4.C14H16N4O3.C14H18N4O.B18/c1-3-5-7-9-11-13-15-17-18-16-14-12-10-8-6-4-2;1-14(2)8-17(7-10-6-15-9-16-10)12-5-11(18(19)20)3-4-13(12)21-14;1-14(2)8-18(7-11-6-16-9-17-11)12-5-10(15)3-4-13(12)19-14;1-11(2)16(12(3)4)18(15(9)10)17(13(5)6)14(7)8/h1-2H2;3-6,9H,7-8H2,1-2H3,(H,15,16);3-6,9H,7-8,15H2,1-2H3,(H,16,17);. The third-order valence-corrected chi connectivity index (χ3v) is 10.7. The lowest BCUT2D eigenvalue weighted by Gasteiger charge is -2.40. The number of nitrogens with two attached hydrogens (primary N) is 1. The molecule has 2 aliphatic rings. The third kappa shape index (κ3) is 21.5. The van der Waals surface area contributed by atoms with Gasteiger partial charge in [-0.15, -0.1) is 0 Å². The van der Waals surface area contributed by atoms with Crippen molar-refractivity contribution in [1.29, 1.82) is 0 Å². The van der Waals surface area contributed by atoms with E-state index in [1.165, 1.54) is 6.07 Å². The van der Waals surface area contributed by atoms with Crippen molar-refractivity contribution in [1.82, 2.24) is 19.9 Å². The van der Waals surface area contributed by atoms with Crippen molar-refractivity contribution in [2.75, 3.05) is 28.6 Å². The Hall–Kier alpha value is -7.35. The Labute approximate surface area is 463 Å². The molecule has 0 amide bonds. The number of imidazole rings is 2. The van der Waals surface area contributed by atoms with Gasteiger partial charge in [0.2, 0.25) is 0 Å². The average molecular weight is 961 g/mol. The van der Waals surface area contributed by atoms with Crippen molar-refractivity contribution in [3.8, 4) is 11.5 Å². The second-order valence-electron chi connectivity index (χ2n) is 17.9. The van der Waals surface area contributed by atoms with Crippen LogP contribution >= 0.6 is 0 Å². The number of ether oxygens (including phenoxy) is 2. The number of rotatable bonds is 12. The summed E-state index contributed by atoms with van der Waals surface area (Å²) in [6.45, 7) is 17.6. The maximum atomic E-state index is 11.0. The highest BCUT2D eigenvalue weighted by Gasteiger charge is 2.42. The fraction of sp³-hybridized carbons (Fsp3) is 0.217. The van der Waals surface area contributed by atoms with Gasteiger partial charge in [0.1, 0.15) is 22.7 Å². The first-order valence-corrected chi connectivity index (χ1v) is 23.1. The first-order chi connectivity index (χ1) is 36.0. The van der Waals surface area contributed by atoms with E-state index >= 15 is 0 Å². The van der Waals surface area contributed by atoms with E-state index in [-0.39, 0.29) is 16.9 Å². The number of nitro benzene ring substituents is 1. The average Bonchev–Trinajstić information content (AvgIpc) is 4.06. The molecule has 4 N–H and O–H groups in total. The summed E-state index contributed by atoms with van der Waals surface area (Å²) in [5.74, 6) is 1.54. The van der Waals surface area contributed by atoms with Gasteiger partial charge in [-0.1, -0.05) is 11.5 Å². The maximum absolute atomic E-state index is 11.0. The van der Waals surface area contributed by atoms with Crippen molar-refractivity contribution < 1.29 is 14.4 Å². The molecule has 0 saturated carbocycles. The first kappa shape index (κ1) is 62.9. The van der Waals surface area contributed by atoms with Crippen LogP contribution in [0.25, 0.3) is 0 Å². The molecule has 2 aliphatic heterocycles. The molecule has 2 aromatic carbocycles. The van der Waals surface area contributed by atoms with Crippen LogP contribution in [0, 0.1) is 10.1 Å². The predicted octanol–water partition coefficient (Wildman–Crippen LogP) is 1.09. The number of nitrogens with one attached hydrogen (secondary N) is 2. The zero-order valence-corrected chi connectivity index (χ0v) is 42.9. The summed E-state index contributed by atoms with van der Waals surface area (Å²) >= 11 is 0. The quantitative estimate of drug-likeness (QED) is 0.0624. The summed E-state index contributed by atoms with van der Waals surface area (Å²) in [5.41, 5.74) is 49.3. The van der Waals surface area contributed by atoms with Gasteiger partial charge in [-0.05, 0) is 145 Å². The highest BCUT2D eigenvalue weighted by molar-refractivity contribution is 8.17. The molecule has 30 heteroatoms. The van der Waals surface area contributed by atoms with Gasteiger partial charge >= 0.3 is 0 Å². The maximum Gasteiger partial charge on any atom is 0.271 e. The number of fused-ring (bicyclic) bond motifs is 2. The lowest BCUT2D eigenvalue weighted by Crippen LogP contribution is -2.78. The molecule has 4 heterocycles. The van der Waals surface area contributed by atoms with E-state index in [4.69, 9.17) is 92.6 Å². The Morgan fingerprint density at radius 3 is 1.25 bits per heavy atom. The molecular formula is C46H38B18N8O4. The van der Waals surface area contributed by atoms with Crippen molar-refractivity contribution in [3.05, 3.63) is 188 Å². The molecule has 2 aromatic heterocycles. The molecule has 20 radical (unpaired) electrons. The van der Waals surface area contributed by atoms with E-state index in [2.05, 4.69) is 148 Å². The molecule has 12 nitrogen and oxygen atoms in total. The number of hydrogen-bond acceptors (Lipinski definition) is 9. The first-order valence-electron chi connectivity index (χ1n) is 23.1. The van der Waals surface area contributed by atoms with E-state index in [1.54, 1.807) is 31.0 Å². The molecule has 6 rings (SSSR count). The minimum absolute atomic E-state index is 0.0617. The molecule has 0 unspecified atom stereocenters. The SMILES string of the molecule is C=C=C=C=C=C=C=C=C=C=C=C=C=C=C=C=C=C.CC1(C)CN(Cc2cnc[nH]2)c2cc(N)ccc2O1.CC1(C)CN(Cc2cnc[nH]2)c2cc([N+](=O)[O-])ccc2O1.[B]B([B])B(B([B])[B])B(B([B])[B])B(B([B])[B])B([B])[B]. The number of nitrogen functional groups attached to an aromatic ring is 1. The van der Waals surface area contributed by atoms with E-state index in [0.717, 1.165) is 47.3 Å². The van der Waals surface area contributed by atoms with Gasteiger partial charge in [-0.3, -0.25) is 10.1 Å². The Balaban J connectivity index is 0.000000268. The van der Waals surface area contributed by atoms with Crippen LogP contribution in [0.3, 0.4) is 0 Å². The molecule has 0 aliphatic carbocycles. The molecule has 0 spiro atoms. The number of nitro groups is 1. The van der Waals surface area contributed by atoms with Gasteiger partial charge in [0, 0.05) is 159 Å². The van der Waals surface area contributed by atoms with Crippen LogP contribution in [0.5, 0.6) is 11.5 Å². The van der Waals surface area contributed by atoms with Crippen molar-refractivity contribution in [3.63, 3.8) is 0 Å². The van der Waals surface area contributed by atoms with Crippen LogP contribution in [-0.4, -0.2) is 178 Å². The second kappa shape index (κ2) is 31.5. The molecular weight excluding hydrogens is 923 g/mol. The van der Waals surface area contributed by atoms with E-state index in [0.29, 0.717) is 18.8 Å². The monoisotopic (exact) mass is 964 g/mol. The fourth-order valence-corrected chi connectivity index (χ4v) is 7.78. The second-order valence-corrected chi connectivity index (χ2v) is 17.9. The van der Waals surface area contributed by atoms with Crippen LogP contribution in [0.4, 0.5) is 22.7 Å². The number of aromatic nitrogens is 4. The normalized spacial score (nSPS) is 11.7. The zero-order chi connectivity index (χ0) is 56.4. The largest absolute Gasteiger partial charge is 0.484 e. The van der Waals surface area contributed by atoms with E-state index < -0.39 is 56.0 Å². The number of hydrogen-bond donors (Lipinski definition) is 3. The van der Waals surface area contributed by atoms with Crippen molar-refractivity contribution in [2.24, 2.45) is 0 Å². The fourth-order valence-electron chi connectivity index (χ4n) is 7.78. The highest BCUT2D eigenvalue weighted by Crippen LogP contribution is 2.40. The minimum Gasteiger partial charge on any atom is -0.484 e. The van der Waals surface area contributed by atoms with Crippen LogP contribution in [0.15, 0.2) is 166 Å². The lowest BCUT2D eigenvalue weighted by molar-refractivity contribution is -0.384. The van der Waals surface area contributed by atoms with Crippen LogP contribution in [0.1, 0.15) is 39.1 Å². The number of benzene rings is 2. The Morgan fingerprint density at radius 1 is 0.592 bits per heavy atom. The van der Waals surface area contributed by atoms with Crippen molar-refractivity contribution >= 4 is 151 Å². The Morgan fingerprint density at radius 2 is 0.934 bits per heavy atom. The molecule has 0 saturated heterocycles. The molecule has 340 valence electrons. The van der Waals surface area contributed by atoms with Crippen LogP contribution in [-0.2, 0) is 13.1 Å². The molecule has 0 atom stereocenters. The molecule has 0 fully saturated rings. The minimum atomic E-state index is -0.853. The molecule has 76 heavy (non-hydrogen) atoms. The van der Waals surface area contributed by atoms with Crippen molar-refractivity contribution in [2.45, 2.75) is 52.0 Å². The van der Waals surface area contributed by atoms with E-state index in [1.807, 2.05) is 38.2 Å². The number of non-ortho nitro benzene ring substituents is 1. The third-order valence-electron chi connectivity index (χ3n) is 10.7. The highest BCUT2D eigenvalue weighted by atomic mass is 16.6. The summed E-state index contributed by atoms with van der Waals surface area (Å²) in [7, 11) is 56.7. The number of aromatic amines is 2. The van der Waals surface area contributed by atoms with Gasteiger partial charge < -0.3 is 35.0 Å². The predicted molar refractivity (Wildman–Crippen MR) is 324 cm³/mol. The number of anilines is 3. The summed E-state index contributed by atoms with van der Waals surface area (Å²) in [6, 6.07) is 10.4. The molecule has 0 bridgehead atoms. The van der Waals surface area contributed by atoms with Crippen LogP contribution < -0.4 is 25.0 Å². The van der Waals surface area contributed by atoms with Crippen LogP contribution in [0.2, 0.25) is 0 Å². The zero-order valence-electron chi connectivity index (χ0n) is 42.9. The Kier molecular flexibility index (Phi) is 26.1. The summed E-state index contributed by atoms with van der Waals surface area (Å²) < 4.78 is 11.9. The number of nitrogens with zero attached hydrogens (tertiary/aromatic N) is 5. The summed E-state index contributed by atoms with van der Waals surface area (Å²) in [5, 5.41) is 11.0. The Bertz CT molecular complexity index is 3120. The van der Waals surface area contributed by atoms with Gasteiger partial charge in [-0.25, -0.2) is 9.97 Å². The summed E-state index contributed by atoms with van der Waals surface area (Å²) in [4.78, 5) is 29.2.